The fourth-order valence-electron chi connectivity index (χ4n) is 4.28. The topological polar surface area (TPSA) is 93.4 Å². The lowest BCUT2D eigenvalue weighted by Crippen LogP contribution is -2.54. The van der Waals surface area contributed by atoms with Crippen molar-refractivity contribution in [3.8, 4) is 0 Å². The SMILES string of the molecule is CO[C@@]12CC[C@@H](NC(=O)c3cscn3)C[C@@H]1N(Cc1noc(C)n1)CC2. The summed E-state index contributed by atoms with van der Waals surface area (Å²) in [5.41, 5.74) is 2.02. The first-order valence-electron chi connectivity index (χ1n) is 8.87. The third-order valence-electron chi connectivity index (χ3n) is 5.61. The number of carbonyl (C=O) groups excluding carboxylic acids is 1. The monoisotopic (exact) mass is 377 g/mol. The average Bonchev–Trinajstić information content (AvgIpc) is 3.37. The molecule has 3 heterocycles. The summed E-state index contributed by atoms with van der Waals surface area (Å²) < 4.78 is 11.1. The Kier molecular flexibility index (Phi) is 4.76. The molecule has 3 atom stereocenters. The number of methoxy groups -OCH3 is 1. The molecule has 1 N–H and O–H groups in total. The van der Waals surface area contributed by atoms with Crippen LogP contribution in [0.2, 0.25) is 0 Å². The molecular formula is C17H23N5O3S. The Balaban J connectivity index is 1.46. The quantitative estimate of drug-likeness (QED) is 0.849. The number of aryl methyl sites for hydroxylation is 1. The normalized spacial score (nSPS) is 28.8. The van der Waals surface area contributed by atoms with Crippen LogP contribution < -0.4 is 5.32 Å². The third-order valence-corrected chi connectivity index (χ3v) is 6.20. The molecule has 1 amide bonds. The Morgan fingerprint density at radius 3 is 3.12 bits per heavy atom. The van der Waals surface area contributed by atoms with Gasteiger partial charge in [0.1, 0.15) is 5.69 Å². The van der Waals surface area contributed by atoms with Gasteiger partial charge in [-0.1, -0.05) is 5.16 Å². The number of likely N-dealkylation sites (tertiary alicyclic amines) is 1. The maximum Gasteiger partial charge on any atom is 0.270 e. The first-order valence-corrected chi connectivity index (χ1v) is 9.81. The minimum absolute atomic E-state index is 0.0977. The van der Waals surface area contributed by atoms with Gasteiger partial charge in [-0.05, 0) is 25.7 Å². The highest BCUT2D eigenvalue weighted by molar-refractivity contribution is 7.07. The Labute approximate surface area is 155 Å². The van der Waals surface area contributed by atoms with E-state index in [0.717, 1.165) is 32.2 Å². The second-order valence-electron chi connectivity index (χ2n) is 7.05. The molecule has 0 spiro atoms. The van der Waals surface area contributed by atoms with Gasteiger partial charge < -0.3 is 14.6 Å². The third kappa shape index (κ3) is 3.26. The van der Waals surface area contributed by atoms with Gasteiger partial charge >= 0.3 is 0 Å². The van der Waals surface area contributed by atoms with Gasteiger partial charge in [0.15, 0.2) is 5.82 Å². The van der Waals surface area contributed by atoms with Crippen molar-refractivity contribution in [1.29, 1.82) is 0 Å². The van der Waals surface area contributed by atoms with Crippen molar-refractivity contribution < 1.29 is 14.1 Å². The maximum absolute atomic E-state index is 12.3. The average molecular weight is 377 g/mol. The summed E-state index contributed by atoms with van der Waals surface area (Å²) in [5.74, 6) is 1.18. The number of hydrogen-bond donors (Lipinski definition) is 1. The summed E-state index contributed by atoms with van der Waals surface area (Å²) in [6, 6.07) is 0.339. The molecule has 8 nitrogen and oxygen atoms in total. The van der Waals surface area contributed by atoms with Crippen LogP contribution >= 0.6 is 11.3 Å². The Bertz CT molecular complexity index is 764. The molecule has 1 saturated carbocycles. The maximum atomic E-state index is 12.3. The zero-order valence-corrected chi connectivity index (χ0v) is 15.8. The summed E-state index contributed by atoms with van der Waals surface area (Å²) in [5, 5.41) is 8.93. The second-order valence-corrected chi connectivity index (χ2v) is 7.77. The lowest BCUT2D eigenvalue weighted by molar-refractivity contribution is -0.0681. The van der Waals surface area contributed by atoms with Crippen molar-refractivity contribution in [2.24, 2.45) is 0 Å². The number of amides is 1. The molecule has 4 rings (SSSR count). The van der Waals surface area contributed by atoms with E-state index in [2.05, 4.69) is 25.3 Å². The summed E-state index contributed by atoms with van der Waals surface area (Å²) >= 11 is 1.43. The smallest absolute Gasteiger partial charge is 0.270 e. The number of hydrogen-bond acceptors (Lipinski definition) is 8. The molecule has 0 bridgehead atoms. The zero-order chi connectivity index (χ0) is 18.1. The van der Waals surface area contributed by atoms with Crippen molar-refractivity contribution in [2.75, 3.05) is 13.7 Å². The van der Waals surface area contributed by atoms with Gasteiger partial charge in [0.25, 0.3) is 5.91 Å². The van der Waals surface area contributed by atoms with E-state index >= 15 is 0 Å². The van der Waals surface area contributed by atoms with E-state index in [-0.39, 0.29) is 23.6 Å². The fourth-order valence-corrected chi connectivity index (χ4v) is 4.81. The Morgan fingerprint density at radius 1 is 1.54 bits per heavy atom. The van der Waals surface area contributed by atoms with E-state index in [1.807, 2.05) is 0 Å². The molecule has 1 saturated heterocycles. The lowest BCUT2D eigenvalue weighted by Gasteiger charge is -2.43. The van der Waals surface area contributed by atoms with Crippen molar-refractivity contribution >= 4 is 17.2 Å². The number of aromatic nitrogens is 3. The van der Waals surface area contributed by atoms with E-state index in [0.29, 0.717) is 24.0 Å². The van der Waals surface area contributed by atoms with Crippen LogP contribution in [0, 0.1) is 6.92 Å². The van der Waals surface area contributed by atoms with E-state index in [1.165, 1.54) is 11.3 Å². The van der Waals surface area contributed by atoms with Crippen LogP contribution in [0.5, 0.6) is 0 Å². The molecular weight excluding hydrogens is 354 g/mol. The molecule has 26 heavy (non-hydrogen) atoms. The standard InChI is InChI=1S/C17H23N5O3S/c1-11-19-15(21-25-11)8-22-6-5-17(24-2)4-3-12(7-14(17)22)20-16(23)13-9-26-10-18-13/h9-10,12,14H,3-8H2,1-2H3,(H,20,23)/t12-,14+,17-/m1/s1. The largest absolute Gasteiger partial charge is 0.377 e. The molecule has 2 aromatic rings. The second kappa shape index (κ2) is 7.05. The Morgan fingerprint density at radius 2 is 2.42 bits per heavy atom. The van der Waals surface area contributed by atoms with Crippen LogP contribution in [-0.4, -0.2) is 57.3 Å². The predicted octanol–water partition coefficient (Wildman–Crippen LogP) is 1.78. The molecule has 0 aromatic carbocycles. The van der Waals surface area contributed by atoms with Gasteiger partial charge in [0, 0.05) is 38.0 Å². The number of thiazole rings is 1. The first kappa shape index (κ1) is 17.6. The minimum atomic E-state index is -0.152. The van der Waals surface area contributed by atoms with E-state index in [9.17, 15) is 4.79 Å². The first-order chi connectivity index (χ1) is 12.6. The summed E-state index contributed by atoms with van der Waals surface area (Å²) in [4.78, 5) is 23.1. The minimum Gasteiger partial charge on any atom is -0.377 e. The zero-order valence-electron chi connectivity index (χ0n) is 15.0. The summed E-state index contributed by atoms with van der Waals surface area (Å²) in [6.07, 6.45) is 3.67. The summed E-state index contributed by atoms with van der Waals surface area (Å²) in [7, 11) is 1.79. The number of nitrogens with one attached hydrogen (secondary N) is 1. The van der Waals surface area contributed by atoms with Gasteiger partial charge in [-0.25, -0.2) is 4.98 Å². The molecule has 2 fully saturated rings. The van der Waals surface area contributed by atoms with Crippen molar-refractivity contribution in [3.05, 3.63) is 28.3 Å². The van der Waals surface area contributed by atoms with Gasteiger partial charge in [-0.2, -0.15) is 4.98 Å². The molecule has 0 unspecified atom stereocenters. The van der Waals surface area contributed by atoms with Crippen molar-refractivity contribution in [3.63, 3.8) is 0 Å². The number of fused-ring (bicyclic) bond motifs is 1. The molecule has 1 aliphatic heterocycles. The van der Waals surface area contributed by atoms with Gasteiger partial charge in [-0.3, -0.25) is 9.69 Å². The van der Waals surface area contributed by atoms with Crippen LogP contribution in [0.25, 0.3) is 0 Å². The molecule has 9 heteroatoms. The molecule has 2 aliphatic rings. The van der Waals surface area contributed by atoms with E-state index in [4.69, 9.17) is 9.26 Å². The van der Waals surface area contributed by atoms with Crippen LogP contribution in [0.15, 0.2) is 15.4 Å². The van der Waals surface area contributed by atoms with E-state index < -0.39 is 0 Å². The number of nitrogens with zero attached hydrogens (tertiary/aromatic N) is 4. The lowest BCUT2D eigenvalue weighted by atomic mass is 9.78. The van der Waals surface area contributed by atoms with Crippen LogP contribution in [-0.2, 0) is 11.3 Å². The highest BCUT2D eigenvalue weighted by Gasteiger charge is 2.51. The van der Waals surface area contributed by atoms with Gasteiger partial charge in [0.05, 0.1) is 17.7 Å². The van der Waals surface area contributed by atoms with Crippen LogP contribution in [0.3, 0.4) is 0 Å². The molecule has 1 aliphatic carbocycles. The predicted molar refractivity (Wildman–Crippen MR) is 94.8 cm³/mol. The molecule has 2 aromatic heterocycles. The summed E-state index contributed by atoms with van der Waals surface area (Å²) in [6.45, 7) is 3.36. The van der Waals surface area contributed by atoms with E-state index in [1.54, 1.807) is 24.9 Å². The van der Waals surface area contributed by atoms with Gasteiger partial charge in [-0.15, -0.1) is 11.3 Å². The highest BCUT2D eigenvalue weighted by Crippen LogP contribution is 2.42. The van der Waals surface area contributed by atoms with Crippen LogP contribution in [0.4, 0.5) is 0 Å². The number of ether oxygens (including phenoxy) is 1. The van der Waals surface area contributed by atoms with Gasteiger partial charge in [0.2, 0.25) is 5.89 Å². The molecule has 0 radical (unpaired) electrons. The fraction of sp³-hybridized carbons (Fsp3) is 0.647. The van der Waals surface area contributed by atoms with Crippen molar-refractivity contribution in [2.45, 2.75) is 56.8 Å². The molecule has 140 valence electrons. The van der Waals surface area contributed by atoms with Crippen molar-refractivity contribution in [1.82, 2.24) is 25.3 Å². The van der Waals surface area contributed by atoms with Crippen LogP contribution in [0.1, 0.15) is 47.9 Å². The highest BCUT2D eigenvalue weighted by atomic mass is 32.1. The number of rotatable bonds is 5. The number of carbonyl (C=O) groups is 1. The Hall–Kier alpha value is -1.84.